The second-order valence-corrected chi connectivity index (χ2v) is 5.08. The number of rotatable bonds is 2. The highest BCUT2D eigenvalue weighted by atomic mass is 32.2. The van der Waals surface area contributed by atoms with E-state index in [1.54, 1.807) is 0 Å². The lowest BCUT2D eigenvalue weighted by molar-refractivity contribution is -0.119. The molecule has 1 aliphatic rings. The van der Waals surface area contributed by atoms with Crippen LogP contribution in [0, 0.1) is 0 Å². The Morgan fingerprint density at radius 1 is 1.19 bits per heavy atom. The van der Waals surface area contributed by atoms with Gasteiger partial charge in [-0.3, -0.25) is 4.79 Å². The van der Waals surface area contributed by atoms with Gasteiger partial charge in [0.25, 0.3) is 0 Å². The third-order valence-corrected chi connectivity index (χ3v) is 3.39. The van der Waals surface area contributed by atoms with Crippen LogP contribution in [0.2, 0.25) is 0 Å². The molecule has 1 aliphatic heterocycles. The molecular weight excluding hydrogens is 226 g/mol. The topological polar surface area (TPSA) is 54.5 Å². The first-order chi connectivity index (χ1) is 7.43. The fourth-order valence-electron chi connectivity index (χ4n) is 1.54. The maximum atomic E-state index is 11.1. The summed E-state index contributed by atoms with van der Waals surface area (Å²) in [5.41, 5.74) is 0. The van der Waals surface area contributed by atoms with Crippen LogP contribution < -0.4 is 0 Å². The molecule has 0 unspecified atom stereocenters. The zero-order valence-electron chi connectivity index (χ0n) is 11.3. The number of nitrogens with zero attached hydrogens (tertiary/aromatic N) is 1. The lowest BCUT2D eigenvalue weighted by Gasteiger charge is -2.18. The van der Waals surface area contributed by atoms with Crippen LogP contribution in [0.3, 0.4) is 0 Å². The SMILES string of the molecule is CC.CC.CC(=O)[C@@H]1CCCN1S(C)(=O)=O. The molecule has 0 aliphatic carbocycles. The fraction of sp³-hybridized carbons (Fsp3) is 0.909. The molecule has 1 saturated heterocycles. The molecule has 1 fully saturated rings. The molecule has 0 aromatic heterocycles. The van der Waals surface area contributed by atoms with E-state index in [1.165, 1.54) is 11.2 Å². The molecule has 16 heavy (non-hydrogen) atoms. The maximum absolute atomic E-state index is 11.1. The first-order valence-corrected chi connectivity index (χ1v) is 7.75. The molecule has 0 N–H and O–H groups in total. The average Bonchev–Trinajstić information content (AvgIpc) is 2.72. The fourth-order valence-corrected chi connectivity index (χ4v) is 2.72. The van der Waals surface area contributed by atoms with Crippen LogP contribution in [-0.2, 0) is 14.8 Å². The Morgan fingerprint density at radius 3 is 1.88 bits per heavy atom. The summed E-state index contributed by atoms with van der Waals surface area (Å²) in [6.07, 6.45) is 2.61. The molecule has 1 atom stereocenters. The number of sulfonamides is 1. The van der Waals surface area contributed by atoms with E-state index in [9.17, 15) is 13.2 Å². The van der Waals surface area contributed by atoms with Crippen LogP contribution in [-0.4, -0.2) is 37.3 Å². The molecule has 0 spiro atoms. The summed E-state index contributed by atoms with van der Waals surface area (Å²) in [6, 6.07) is -0.403. The predicted molar refractivity (Wildman–Crippen MR) is 67.9 cm³/mol. The summed E-state index contributed by atoms with van der Waals surface area (Å²) >= 11 is 0. The molecule has 1 heterocycles. The van der Waals surface area contributed by atoms with Gasteiger partial charge < -0.3 is 0 Å². The van der Waals surface area contributed by atoms with Gasteiger partial charge in [0, 0.05) is 6.54 Å². The van der Waals surface area contributed by atoms with Crippen molar-refractivity contribution >= 4 is 15.8 Å². The van der Waals surface area contributed by atoms with Crippen LogP contribution >= 0.6 is 0 Å². The first kappa shape index (κ1) is 18.0. The third-order valence-electron chi connectivity index (χ3n) is 2.10. The van der Waals surface area contributed by atoms with Crippen LogP contribution in [0.4, 0.5) is 0 Å². The highest BCUT2D eigenvalue weighted by molar-refractivity contribution is 7.88. The van der Waals surface area contributed by atoms with Crippen LogP contribution in [0.5, 0.6) is 0 Å². The van der Waals surface area contributed by atoms with Crippen molar-refractivity contribution in [1.29, 1.82) is 0 Å². The number of hydrogen-bond donors (Lipinski definition) is 0. The molecule has 4 nitrogen and oxygen atoms in total. The summed E-state index contributed by atoms with van der Waals surface area (Å²) in [5.74, 6) is -0.0575. The van der Waals surface area contributed by atoms with Crippen molar-refractivity contribution in [3.63, 3.8) is 0 Å². The van der Waals surface area contributed by atoms with E-state index < -0.39 is 16.1 Å². The lowest BCUT2D eigenvalue weighted by atomic mass is 10.2. The number of Topliss-reactive ketones (excluding diaryl/α,β-unsaturated/α-hetero) is 1. The molecule has 0 saturated carbocycles. The Balaban J connectivity index is 0. The Hall–Kier alpha value is -0.420. The molecule has 0 bridgehead atoms. The van der Waals surface area contributed by atoms with Crippen molar-refractivity contribution in [2.24, 2.45) is 0 Å². The van der Waals surface area contributed by atoms with Gasteiger partial charge in [-0.15, -0.1) is 0 Å². The van der Waals surface area contributed by atoms with E-state index in [2.05, 4.69) is 0 Å². The standard InChI is InChI=1S/C7H13NO3S.2C2H6/c1-6(9)7-4-3-5-8(7)12(2,10)11;2*1-2/h7H,3-5H2,1-2H3;2*1-2H3/t7-;;/m0../s1. The molecule has 0 radical (unpaired) electrons. The van der Waals surface area contributed by atoms with Gasteiger partial charge in [-0.05, 0) is 19.8 Å². The Kier molecular flexibility index (Phi) is 9.77. The van der Waals surface area contributed by atoms with Crippen molar-refractivity contribution in [1.82, 2.24) is 4.31 Å². The second-order valence-electron chi connectivity index (χ2n) is 3.14. The Morgan fingerprint density at radius 2 is 1.62 bits per heavy atom. The summed E-state index contributed by atoms with van der Waals surface area (Å²) < 4.78 is 23.5. The van der Waals surface area contributed by atoms with E-state index in [4.69, 9.17) is 0 Å². The van der Waals surface area contributed by atoms with Gasteiger partial charge in [-0.1, -0.05) is 27.7 Å². The maximum Gasteiger partial charge on any atom is 0.211 e. The average molecular weight is 251 g/mol. The van der Waals surface area contributed by atoms with Gasteiger partial charge in [-0.25, -0.2) is 8.42 Å². The zero-order chi connectivity index (χ0) is 13.4. The number of ketones is 1. The van der Waals surface area contributed by atoms with Crippen LogP contribution in [0.25, 0.3) is 0 Å². The van der Waals surface area contributed by atoms with Crippen molar-refractivity contribution in [3.8, 4) is 0 Å². The normalized spacial score (nSPS) is 20.2. The summed E-state index contributed by atoms with van der Waals surface area (Å²) in [4.78, 5) is 11.0. The summed E-state index contributed by atoms with van der Waals surface area (Å²) in [7, 11) is -3.18. The van der Waals surface area contributed by atoms with E-state index in [1.807, 2.05) is 27.7 Å². The minimum Gasteiger partial charge on any atom is -0.298 e. The van der Waals surface area contributed by atoms with Gasteiger partial charge in [0.2, 0.25) is 10.0 Å². The highest BCUT2D eigenvalue weighted by Crippen LogP contribution is 2.20. The minimum absolute atomic E-state index is 0.0575. The monoisotopic (exact) mass is 251 g/mol. The van der Waals surface area contributed by atoms with Gasteiger partial charge in [-0.2, -0.15) is 4.31 Å². The van der Waals surface area contributed by atoms with Crippen LogP contribution in [0.1, 0.15) is 47.5 Å². The van der Waals surface area contributed by atoms with Gasteiger partial charge in [0.1, 0.15) is 5.78 Å². The van der Waals surface area contributed by atoms with Crippen LogP contribution in [0.15, 0.2) is 0 Å². The predicted octanol–water partition coefficient (Wildman–Crippen LogP) is 2.05. The van der Waals surface area contributed by atoms with Crippen molar-refractivity contribution in [2.45, 2.75) is 53.5 Å². The Labute approximate surface area is 100 Å². The quantitative estimate of drug-likeness (QED) is 0.755. The molecule has 0 amide bonds. The first-order valence-electron chi connectivity index (χ1n) is 5.90. The molecule has 0 aromatic rings. The van der Waals surface area contributed by atoms with E-state index in [-0.39, 0.29) is 5.78 Å². The number of carbonyl (C=O) groups is 1. The second kappa shape index (κ2) is 8.70. The minimum atomic E-state index is -3.18. The van der Waals surface area contributed by atoms with E-state index >= 15 is 0 Å². The van der Waals surface area contributed by atoms with Crippen molar-refractivity contribution in [2.75, 3.05) is 12.8 Å². The third kappa shape index (κ3) is 5.61. The number of carbonyl (C=O) groups excluding carboxylic acids is 1. The lowest BCUT2D eigenvalue weighted by Crippen LogP contribution is -2.38. The molecule has 98 valence electrons. The van der Waals surface area contributed by atoms with Gasteiger partial charge >= 0.3 is 0 Å². The summed E-state index contributed by atoms with van der Waals surface area (Å²) in [5, 5.41) is 0. The van der Waals surface area contributed by atoms with Crippen molar-refractivity contribution in [3.05, 3.63) is 0 Å². The Bertz CT molecular complexity index is 286. The number of hydrogen-bond acceptors (Lipinski definition) is 3. The van der Waals surface area contributed by atoms with Gasteiger partial charge in [0.05, 0.1) is 12.3 Å². The summed E-state index contributed by atoms with van der Waals surface area (Å²) in [6.45, 7) is 9.93. The smallest absolute Gasteiger partial charge is 0.211 e. The zero-order valence-corrected chi connectivity index (χ0v) is 12.1. The molecular formula is C11H25NO3S. The molecule has 1 rings (SSSR count). The van der Waals surface area contributed by atoms with Gasteiger partial charge in [0.15, 0.2) is 0 Å². The largest absolute Gasteiger partial charge is 0.298 e. The molecule has 5 heteroatoms. The van der Waals surface area contributed by atoms with E-state index in [0.717, 1.165) is 12.7 Å². The highest BCUT2D eigenvalue weighted by Gasteiger charge is 2.33. The molecule has 0 aromatic carbocycles. The van der Waals surface area contributed by atoms with E-state index in [0.29, 0.717) is 13.0 Å². The van der Waals surface area contributed by atoms with Crippen molar-refractivity contribution < 1.29 is 13.2 Å².